The lowest BCUT2D eigenvalue weighted by Gasteiger charge is -2.21. The minimum absolute atomic E-state index is 0.0349. The van der Waals surface area contributed by atoms with Gasteiger partial charge in [-0.3, -0.25) is 9.59 Å². The number of carbonyl (C=O) groups is 2. The molecule has 0 radical (unpaired) electrons. The van der Waals surface area contributed by atoms with Crippen LogP contribution in [0.15, 0.2) is 54.6 Å². The summed E-state index contributed by atoms with van der Waals surface area (Å²) in [6, 6.07) is 15.4. The molecule has 27 heavy (non-hydrogen) atoms. The molecule has 2 aromatic rings. The highest BCUT2D eigenvalue weighted by atomic mass is 32.2. The van der Waals surface area contributed by atoms with E-state index in [4.69, 9.17) is 0 Å². The average molecular weight is 389 g/mol. The zero-order valence-electron chi connectivity index (χ0n) is 15.6. The van der Waals surface area contributed by atoms with Crippen LogP contribution in [0.25, 0.3) is 0 Å². The van der Waals surface area contributed by atoms with Gasteiger partial charge in [0.05, 0.1) is 17.5 Å². The Morgan fingerprint density at radius 2 is 1.59 bits per heavy atom. The van der Waals surface area contributed by atoms with Crippen LogP contribution < -0.4 is 10.6 Å². The quantitative estimate of drug-likeness (QED) is 0.669. The van der Waals surface area contributed by atoms with Crippen molar-refractivity contribution in [3.63, 3.8) is 0 Å². The topological polar surface area (TPSA) is 58.2 Å². The maximum atomic E-state index is 12.9. The summed E-state index contributed by atoms with van der Waals surface area (Å²) in [4.78, 5) is 24.2. The van der Waals surface area contributed by atoms with Gasteiger partial charge in [-0.2, -0.15) is 0 Å². The minimum atomic E-state index is -0.353. The first-order chi connectivity index (χ1) is 12.9. The SMILES string of the molecule is CC(C)CC(NC(=O)CSCC(=O)Nc1ccc(F)cc1)c1ccccc1. The van der Waals surface area contributed by atoms with Gasteiger partial charge in [-0.05, 0) is 42.2 Å². The number of carbonyl (C=O) groups excluding carboxylic acids is 2. The molecule has 1 atom stereocenters. The number of nitrogens with one attached hydrogen (secondary N) is 2. The molecule has 2 aromatic carbocycles. The smallest absolute Gasteiger partial charge is 0.234 e. The van der Waals surface area contributed by atoms with Gasteiger partial charge >= 0.3 is 0 Å². The van der Waals surface area contributed by atoms with Crippen molar-refractivity contribution in [1.82, 2.24) is 5.32 Å². The second-order valence-corrected chi connectivity index (χ2v) is 7.69. The number of amides is 2. The molecular weight excluding hydrogens is 363 g/mol. The second-order valence-electron chi connectivity index (χ2n) is 6.71. The van der Waals surface area contributed by atoms with Gasteiger partial charge in [-0.25, -0.2) is 4.39 Å². The van der Waals surface area contributed by atoms with Gasteiger partial charge in [0.1, 0.15) is 5.82 Å². The predicted octanol–water partition coefficient (Wildman–Crippen LogP) is 4.40. The van der Waals surface area contributed by atoms with Gasteiger partial charge in [-0.1, -0.05) is 44.2 Å². The number of halogens is 1. The maximum absolute atomic E-state index is 12.9. The highest BCUT2D eigenvalue weighted by Crippen LogP contribution is 2.21. The number of rotatable bonds is 9. The van der Waals surface area contributed by atoms with Gasteiger partial charge in [0.15, 0.2) is 0 Å². The molecule has 4 nitrogen and oxygen atoms in total. The average Bonchev–Trinajstić information content (AvgIpc) is 2.63. The lowest BCUT2D eigenvalue weighted by atomic mass is 9.97. The molecule has 2 rings (SSSR count). The van der Waals surface area contributed by atoms with Crippen LogP contribution in [-0.2, 0) is 9.59 Å². The largest absolute Gasteiger partial charge is 0.349 e. The van der Waals surface area contributed by atoms with E-state index in [1.54, 1.807) is 0 Å². The third-order valence-corrected chi connectivity index (χ3v) is 4.77. The predicted molar refractivity (Wildman–Crippen MR) is 109 cm³/mol. The zero-order valence-corrected chi connectivity index (χ0v) is 16.4. The van der Waals surface area contributed by atoms with Crippen molar-refractivity contribution >= 4 is 29.3 Å². The summed E-state index contributed by atoms with van der Waals surface area (Å²) in [5.41, 5.74) is 1.62. The Labute approximate surface area is 163 Å². The normalized spacial score (nSPS) is 11.9. The van der Waals surface area contributed by atoms with Gasteiger partial charge in [0.25, 0.3) is 0 Å². The Kier molecular flexibility index (Phi) is 8.33. The highest BCUT2D eigenvalue weighted by molar-refractivity contribution is 8.00. The van der Waals surface area contributed by atoms with Gasteiger partial charge in [-0.15, -0.1) is 11.8 Å². The van der Waals surface area contributed by atoms with E-state index in [0.29, 0.717) is 11.6 Å². The molecule has 144 valence electrons. The Morgan fingerprint density at radius 1 is 0.963 bits per heavy atom. The number of hydrogen-bond donors (Lipinski definition) is 2. The van der Waals surface area contributed by atoms with Crippen LogP contribution in [0.1, 0.15) is 31.9 Å². The Balaban J connectivity index is 1.78. The maximum Gasteiger partial charge on any atom is 0.234 e. The van der Waals surface area contributed by atoms with Crippen molar-refractivity contribution in [2.75, 3.05) is 16.8 Å². The molecule has 6 heteroatoms. The molecule has 0 bridgehead atoms. The van der Waals surface area contributed by atoms with Crippen LogP contribution in [0.2, 0.25) is 0 Å². The third-order valence-electron chi connectivity index (χ3n) is 3.84. The van der Waals surface area contributed by atoms with E-state index < -0.39 is 0 Å². The van der Waals surface area contributed by atoms with Gasteiger partial charge in [0, 0.05) is 5.69 Å². The fraction of sp³-hybridized carbons (Fsp3) is 0.333. The molecule has 2 amide bonds. The molecule has 0 saturated carbocycles. The summed E-state index contributed by atoms with van der Waals surface area (Å²) < 4.78 is 12.9. The summed E-state index contributed by atoms with van der Waals surface area (Å²) in [7, 11) is 0. The molecule has 2 N–H and O–H groups in total. The molecule has 0 saturated heterocycles. The van der Waals surface area contributed by atoms with E-state index in [1.807, 2.05) is 30.3 Å². The van der Waals surface area contributed by atoms with Crippen LogP contribution in [0.4, 0.5) is 10.1 Å². The molecule has 0 aliphatic rings. The first-order valence-electron chi connectivity index (χ1n) is 8.91. The van der Waals surface area contributed by atoms with Crippen molar-refractivity contribution in [3.8, 4) is 0 Å². The van der Waals surface area contributed by atoms with E-state index in [1.165, 1.54) is 36.0 Å². The summed E-state index contributed by atoms with van der Waals surface area (Å²) in [6.07, 6.45) is 0.853. The number of hydrogen-bond acceptors (Lipinski definition) is 3. The van der Waals surface area contributed by atoms with Crippen LogP contribution in [-0.4, -0.2) is 23.3 Å². The molecule has 0 aromatic heterocycles. The van der Waals surface area contributed by atoms with E-state index in [0.717, 1.165) is 12.0 Å². The summed E-state index contributed by atoms with van der Waals surface area (Å²) >= 11 is 1.25. The van der Waals surface area contributed by atoms with E-state index in [9.17, 15) is 14.0 Å². The number of anilines is 1. The minimum Gasteiger partial charge on any atom is -0.349 e. The van der Waals surface area contributed by atoms with Crippen LogP contribution in [0.5, 0.6) is 0 Å². The molecule has 0 aliphatic heterocycles. The molecule has 1 unspecified atom stereocenters. The first-order valence-corrected chi connectivity index (χ1v) is 10.1. The van der Waals surface area contributed by atoms with Crippen molar-refractivity contribution in [3.05, 3.63) is 66.0 Å². The molecule has 0 aliphatic carbocycles. The van der Waals surface area contributed by atoms with Crippen LogP contribution in [0.3, 0.4) is 0 Å². The van der Waals surface area contributed by atoms with E-state index >= 15 is 0 Å². The second kappa shape index (κ2) is 10.7. The van der Waals surface area contributed by atoms with Crippen molar-refractivity contribution < 1.29 is 14.0 Å². The fourth-order valence-corrected chi connectivity index (χ4v) is 3.27. The zero-order chi connectivity index (χ0) is 19.6. The van der Waals surface area contributed by atoms with Crippen molar-refractivity contribution in [2.45, 2.75) is 26.3 Å². The number of benzene rings is 2. The Morgan fingerprint density at radius 3 is 2.22 bits per heavy atom. The van der Waals surface area contributed by atoms with Gasteiger partial charge in [0.2, 0.25) is 11.8 Å². The molecule has 0 heterocycles. The Hall–Kier alpha value is -2.34. The highest BCUT2D eigenvalue weighted by Gasteiger charge is 2.16. The summed E-state index contributed by atoms with van der Waals surface area (Å²) in [5.74, 6) is 0.145. The molecule has 0 spiro atoms. The Bertz CT molecular complexity index is 736. The van der Waals surface area contributed by atoms with Crippen molar-refractivity contribution in [1.29, 1.82) is 0 Å². The fourth-order valence-electron chi connectivity index (χ4n) is 2.64. The first kappa shape index (κ1) is 21.0. The summed E-state index contributed by atoms with van der Waals surface area (Å²) in [5, 5.41) is 5.74. The number of thioether (sulfide) groups is 1. The third kappa shape index (κ3) is 7.83. The van der Waals surface area contributed by atoms with Crippen LogP contribution >= 0.6 is 11.8 Å². The summed E-state index contributed by atoms with van der Waals surface area (Å²) in [6.45, 7) is 4.24. The standard InChI is InChI=1S/C21H25FN2O2S/c1-15(2)12-19(16-6-4-3-5-7-16)24-21(26)14-27-13-20(25)23-18-10-8-17(22)9-11-18/h3-11,15,19H,12-14H2,1-2H3,(H,23,25)(H,24,26). The van der Waals surface area contributed by atoms with E-state index in [2.05, 4.69) is 24.5 Å². The molecular formula is C21H25FN2O2S. The molecule has 0 fully saturated rings. The lowest BCUT2D eigenvalue weighted by Crippen LogP contribution is -2.31. The van der Waals surface area contributed by atoms with Crippen molar-refractivity contribution in [2.24, 2.45) is 5.92 Å². The monoisotopic (exact) mass is 388 g/mol. The van der Waals surface area contributed by atoms with Crippen LogP contribution in [0, 0.1) is 11.7 Å². The van der Waals surface area contributed by atoms with Gasteiger partial charge < -0.3 is 10.6 Å². The lowest BCUT2D eigenvalue weighted by molar-refractivity contribution is -0.119. The van der Waals surface area contributed by atoms with E-state index in [-0.39, 0.29) is 35.2 Å².